The van der Waals surface area contributed by atoms with Crippen LogP contribution in [-0.2, 0) is 4.79 Å². The van der Waals surface area contributed by atoms with Crippen molar-refractivity contribution >= 4 is 29.0 Å². The van der Waals surface area contributed by atoms with Crippen LogP contribution in [0.4, 0.5) is 0 Å². The third kappa shape index (κ3) is 4.26. The molecular weight excluding hydrogens is 354 g/mol. The number of carbonyl (C=O) groups is 1. The van der Waals surface area contributed by atoms with Crippen LogP contribution >= 0.6 is 23.1 Å². The fourth-order valence-corrected chi connectivity index (χ4v) is 4.03. The van der Waals surface area contributed by atoms with E-state index >= 15 is 0 Å². The molecule has 0 saturated heterocycles. The number of hydrogen-bond donors (Lipinski definition) is 1. The van der Waals surface area contributed by atoms with Gasteiger partial charge in [-0.2, -0.15) is 5.10 Å². The van der Waals surface area contributed by atoms with Crippen molar-refractivity contribution in [1.29, 1.82) is 0 Å². The number of thioether (sulfide) groups is 1. The normalized spacial score (nSPS) is 12.1. The van der Waals surface area contributed by atoms with Gasteiger partial charge < -0.3 is 4.90 Å². The lowest BCUT2D eigenvalue weighted by atomic mass is 10.1. The summed E-state index contributed by atoms with van der Waals surface area (Å²) in [5, 5.41) is 16.3. The van der Waals surface area contributed by atoms with Gasteiger partial charge in [-0.05, 0) is 19.9 Å². The molecular formula is C17H19N5OS2. The predicted molar refractivity (Wildman–Crippen MR) is 101 cm³/mol. The van der Waals surface area contributed by atoms with Gasteiger partial charge in [0, 0.05) is 12.6 Å². The van der Waals surface area contributed by atoms with Gasteiger partial charge in [0.25, 0.3) is 0 Å². The highest BCUT2D eigenvalue weighted by Gasteiger charge is 2.20. The van der Waals surface area contributed by atoms with Crippen LogP contribution in [0.1, 0.15) is 23.7 Å². The van der Waals surface area contributed by atoms with Gasteiger partial charge in [-0.15, -0.1) is 10.2 Å². The van der Waals surface area contributed by atoms with Gasteiger partial charge in [0.2, 0.25) is 5.91 Å². The van der Waals surface area contributed by atoms with Crippen LogP contribution in [0.5, 0.6) is 0 Å². The van der Waals surface area contributed by atoms with E-state index in [0.29, 0.717) is 5.75 Å². The summed E-state index contributed by atoms with van der Waals surface area (Å²) in [6.45, 7) is 3.89. The second-order valence-corrected chi connectivity index (χ2v) is 8.03. The number of hydrogen-bond acceptors (Lipinski definition) is 6. The Hall–Kier alpha value is -2.19. The lowest BCUT2D eigenvalue weighted by Gasteiger charge is -2.23. The molecule has 2 heterocycles. The van der Waals surface area contributed by atoms with Crippen LogP contribution in [0.25, 0.3) is 11.3 Å². The molecule has 0 radical (unpaired) electrons. The first kappa shape index (κ1) is 17.6. The van der Waals surface area contributed by atoms with Gasteiger partial charge in [0.15, 0.2) is 4.34 Å². The predicted octanol–water partition coefficient (Wildman–Crippen LogP) is 3.55. The van der Waals surface area contributed by atoms with E-state index in [0.717, 1.165) is 26.3 Å². The number of amides is 1. The van der Waals surface area contributed by atoms with E-state index in [9.17, 15) is 4.79 Å². The lowest BCUT2D eigenvalue weighted by molar-refractivity contribution is -0.129. The highest BCUT2D eigenvalue weighted by atomic mass is 32.2. The van der Waals surface area contributed by atoms with E-state index in [1.54, 1.807) is 4.90 Å². The number of H-pyrrole nitrogens is 1. The molecule has 3 rings (SSSR count). The van der Waals surface area contributed by atoms with Crippen LogP contribution in [0, 0.1) is 6.92 Å². The van der Waals surface area contributed by atoms with Crippen LogP contribution in [0.2, 0.25) is 0 Å². The van der Waals surface area contributed by atoms with E-state index in [2.05, 4.69) is 20.4 Å². The zero-order valence-electron chi connectivity index (χ0n) is 14.3. The summed E-state index contributed by atoms with van der Waals surface area (Å²) < 4.78 is 0.819. The molecule has 0 bridgehead atoms. The number of rotatable bonds is 6. The van der Waals surface area contributed by atoms with Crippen molar-refractivity contribution in [3.8, 4) is 11.3 Å². The summed E-state index contributed by atoms with van der Waals surface area (Å²) in [4.78, 5) is 14.2. The third-order valence-electron chi connectivity index (χ3n) is 3.92. The number of aromatic amines is 1. The molecule has 8 heteroatoms. The van der Waals surface area contributed by atoms with Crippen molar-refractivity contribution in [1.82, 2.24) is 25.3 Å². The third-order valence-corrected chi connectivity index (χ3v) is 5.88. The van der Waals surface area contributed by atoms with Crippen LogP contribution < -0.4 is 0 Å². The van der Waals surface area contributed by atoms with Crippen molar-refractivity contribution in [2.45, 2.75) is 24.2 Å². The smallest absolute Gasteiger partial charge is 0.233 e. The molecule has 0 aliphatic heterocycles. The highest BCUT2D eigenvalue weighted by molar-refractivity contribution is 8.01. The van der Waals surface area contributed by atoms with E-state index in [1.807, 2.05) is 57.3 Å². The molecule has 1 N–H and O–H groups in total. The van der Waals surface area contributed by atoms with Gasteiger partial charge >= 0.3 is 0 Å². The van der Waals surface area contributed by atoms with Crippen molar-refractivity contribution in [2.75, 3.05) is 12.8 Å². The maximum absolute atomic E-state index is 12.4. The average molecular weight is 374 g/mol. The molecule has 1 unspecified atom stereocenters. The summed E-state index contributed by atoms with van der Waals surface area (Å²) >= 11 is 2.92. The summed E-state index contributed by atoms with van der Waals surface area (Å²) in [6, 6.07) is 11.9. The summed E-state index contributed by atoms with van der Waals surface area (Å²) in [5.41, 5.74) is 2.84. The number of aryl methyl sites for hydroxylation is 1. The van der Waals surface area contributed by atoms with Crippen molar-refractivity contribution in [3.05, 3.63) is 47.1 Å². The topological polar surface area (TPSA) is 74.8 Å². The average Bonchev–Trinajstić information content (AvgIpc) is 3.28. The maximum atomic E-state index is 12.4. The monoisotopic (exact) mass is 373 g/mol. The standard InChI is InChI=1S/C17H19N5OS2/c1-11(14-9-15(20-19-14)13-7-5-4-6-8-13)22(3)16(23)10-24-17-21-18-12(2)25-17/h4-9,11H,10H2,1-3H3,(H,19,20). The zero-order chi connectivity index (χ0) is 17.8. The van der Waals surface area contributed by atoms with E-state index in [1.165, 1.54) is 23.1 Å². The molecule has 0 aliphatic carbocycles. The Bertz CT molecular complexity index is 846. The number of carbonyl (C=O) groups excluding carboxylic acids is 1. The van der Waals surface area contributed by atoms with Crippen LogP contribution in [-0.4, -0.2) is 44.0 Å². The highest BCUT2D eigenvalue weighted by Crippen LogP contribution is 2.25. The van der Waals surface area contributed by atoms with E-state index in [-0.39, 0.29) is 11.9 Å². The number of benzene rings is 1. The van der Waals surface area contributed by atoms with Crippen LogP contribution in [0.15, 0.2) is 40.7 Å². The molecule has 1 atom stereocenters. The summed E-state index contributed by atoms with van der Waals surface area (Å²) in [6.07, 6.45) is 0. The first-order valence-corrected chi connectivity index (χ1v) is 9.64. The Kier molecular flexibility index (Phi) is 5.50. The minimum atomic E-state index is -0.0887. The minimum Gasteiger partial charge on any atom is -0.337 e. The second-order valence-electron chi connectivity index (χ2n) is 5.63. The SMILES string of the molecule is Cc1nnc(SCC(=O)N(C)C(C)c2cc(-c3ccccc3)n[nH]2)s1. The Morgan fingerprint density at radius 3 is 2.76 bits per heavy atom. The summed E-state index contributed by atoms with van der Waals surface area (Å²) in [5.74, 6) is 0.385. The van der Waals surface area contributed by atoms with Crippen LogP contribution in [0.3, 0.4) is 0 Å². The number of nitrogens with zero attached hydrogens (tertiary/aromatic N) is 4. The van der Waals surface area contributed by atoms with Gasteiger partial charge in [0.1, 0.15) is 5.01 Å². The Labute approximate surface area is 154 Å². The Morgan fingerprint density at radius 1 is 1.32 bits per heavy atom. The maximum Gasteiger partial charge on any atom is 0.233 e. The molecule has 3 aromatic rings. The number of aromatic nitrogens is 4. The molecule has 0 spiro atoms. The minimum absolute atomic E-state index is 0.0428. The van der Waals surface area contributed by atoms with Crippen molar-refractivity contribution < 1.29 is 4.79 Å². The van der Waals surface area contributed by atoms with E-state index in [4.69, 9.17) is 0 Å². The first-order chi connectivity index (χ1) is 12.0. The van der Waals surface area contributed by atoms with Gasteiger partial charge in [-0.25, -0.2) is 0 Å². The van der Waals surface area contributed by atoms with Gasteiger partial charge in [-0.1, -0.05) is 53.4 Å². The molecule has 2 aromatic heterocycles. The molecule has 25 heavy (non-hydrogen) atoms. The molecule has 1 amide bonds. The molecule has 0 aliphatic rings. The fourth-order valence-electron chi connectivity index (χ4n) is 2.29. The number of nitrogens with one attached hydrogen (secondary N) is 1. The fraction of sp³-hybridized carbons (Fsp3) is 0.294. The largest absolute Gasteiger partial charge is 0.337 e. The molecule has 1 aromatic carbocycles. The van der Waals surface area contributed by atoms with E-state index < -0.39 is 0 Å². The Morgan fingerprint density at radius 2 is 2.08 bits per heavy atom. The molecule has 0 saturated carbocycles. The first-order valence-electron chi connectivity index (χ1n) is 7.84. The lowest BCUT2D eigenvalue weighted by Crippen LogP contribution is -2.31. The summed E-state index contributed by atoms with van der Waals surface area (Å²) in [7, 11) is 1.81. The quantitative estimate of drug-likeness (QED) is 0.669. The van der Waals surface area contributed by atoms with Crippen molar-refractivity contribution in [2.24, 2.45) is 0 Å². The molecule has 6 nitrogen and oxygen atoms in total. The molecule has 130 valence electrons. The van der Waals surface area contributed by atoms with Gasteiger partial charge in [-0.3, -0.25) is 9.89 Å². The second kappa shape index (κ2) is 7.79. The Balaban J connectivity index is 1.62. The van der Waals surface area contributed by atoms with Gasteiger partial charge in [0.05, 0.1) is 23.2 Å². The zero-order valence-corrected chi connectivity index (χ0v) is 15.9. The molecule has 0 fully saturated rings. The van der Waals surface area contributed by atoms with Crippen molar-refractivity contribution in [3.63, 3.8) is 0 Å².